The number of nitrogens with one attached hydrogen (secondary N) is 1. The molecule has 0 bridgehead atoms. The minimum atomic E-state index is -3.74. The number of benzene rings is 2. The zero-order chi connectivity index (χ0) is 22.1. The molecule has 2 aromatic carbocycles. The van der Waals surface area contributed by atoms with Gasteiger partial charge >= 0.3 is 0 Å². The van der Waals surface area contributed by atoms with Crippen molar-refractivity contribution >= 4 is 27.8 Å². The van der Waals surface area contributed by atoms with Gasteiger partial charge in [0.05, 0.1) is 39.0 Å². The van der Waals surface area contributed by atoms with E-state index in [-0.39, 0.29) is 5.69 Å². The number of carbonyl (C=O) groups is 1. The van der Waals surface area contributed by atoms with Crippen molar-refractivity contribution < 1.29 is 27.4 Å². The van der Waals surface area contributed by atoms with Crippen molar-refractivity contribution in [3.63, 3.8) is 0 Å². The minimum absolute atomic E-state index is 0.276. The van der Waals surface area contributed by atoms with Gasteiger partial charge in [0.25, 0.3) is 5.91 Å². The molecule has 0 fully saturated rings. The fraction of sp³-hybridized carbons (Fsp3) is 0.300. The van der Waals surface area contributed by atoms with Crippen LogP contribution in [0, 0.1) is 0 Å². The molecule has 10 heteroatoms. The first kappa shape index (κ1) is 23.0. The summed E-state index contributed by atoms with van der Waals surface area (Å²) in [5.41, 5.74) is 3.22. The Kier molecular flexibility index (Phi) is 8.05. The largest absolute Gasteiger partial charge is 0.497 e. The molecule has 0 heterocycles. The first-order valence-electron chi connectivity index (χ1n) is 9.03. The van der Waals surface area contributed by atoms with Gasteiger partial charge in [-0.3, -0.25) is 9.10 Å². The van der Waals surface area contributed by atoms with Crippen LogP contribution in [0.4, 0.5) is 5.69 Å². The molecule has 0 aromatic heterocycles. The van der Waals surface area contributed by atoms with Gasteiger partial charge < -0.3 is 14.2 Å². The fourth-order valence-corrected chi connectivity index (χ4v) is 3.45. The van der Waals surface area contributed by atoms with Crippen molar-refractivity contribution in [1.29, 1.82) is 0 Å². The molecular formula is C20H25N3O6S. The number of ether oxygens (including phenoxy) is 3. The molecule has 0 aliphatic heterocycles. The van der Waals surface area contributed by atoms with Crippen LogP contribution in [0.15, 0.2) is 47.6 Å². The van der Waals surface area contributed by atoms with E-state index in [0.29, 0.717) is 29.4 Å². The van der Waals surface area contributed by atoms with Crippen LogP contribution < -0.4 is 23.9 Å². The molecule has 2 aromatic rings. The van der Waals surface area contributed by atoms with Gasteiger partial charge in [0, 0.05) is 11.6 Å². The van der Waals surface area contributed by atoms with Crippen LogP contribution in [0.25, 0.3) is 0 Å². The molecule has 0 unspecified atom stereocenters. The Labute approximate surface area is 176 Å². The van der Waals surface area contributed by atoms with E-state index in [2.05, 4.69) is 10.5 Å². The summed E-state index contributed by atoms with van der Waals surface area (Å²) in [5, 5.41) is 3.90. The lowest BCUT2D eigenvalue weighted by Gasteiger charge is -2.23. The SMILES string of the molecule is CCOc1ccccc1N(CC(=O)N/N=C\c1ccc(OC)cc1OC)S(C)(=O)=O. The van der Waals surface area contributed by atoms with E-state index in [1.54, 1.807) is 56.5 Å². The zero-order valence-corrected chi connectivity index (χ0v) is 18.1. The highest BCUT2D eigenvalue weighted by atomic mass is 32.2. The summed E-state index contributed by atoms with van der Waals surface area (Å²) in [6, 6.07) is 11.7. The second kappa shape index (κ2) is 10.5. The van der Waals surface area contributed by atoms with E-state index in [9.17, 15) is 13.2 Å². The number of amides is 1. The molecule has 1 amide bonds. The third kappa shape index (κ3) is 6.11. The number of hydrogen-bond acceptors (Lipinski definition) is 7. The second-order valence-electron chi connectivity index (χ2n) is 6.07. The maximum atomic E-state index is 12.4. The lowest BCUT2D eigenvalue weighted by atomic mass is 10.2. The zero-order valence-electron chi connectivity index (χ0n) is 17.3. The molecule has 0 saturated carbocycles. The second-order valence-corrected chi connectivity index (χ2v) is 7.98. The topological polar surface area (TPSA) is 107 Å². The number of methoxy groups -OCH3 is 2. The highest BCUT2D eigenvalue weighted by Gasteiger charge is 2.23. The molecule has 0 saturated heterocycles. The molecule has 0 atom stereocenters. The summed E-state index contributed by atoms with van der Waals surface area (Å²) < 4.78 is 41.4. The van der Waals surface area contributed by atoms with Crippen molar-refractivity contribution in [3.05, 3.63) is 48.0 Å². The predicted molar refractivity (Wildman–Crippen MR) is 115 cm³/mol. The Bertz CT molecular complexity index is 1010. The van der Waals surface area contributed by atoms with Crippen LogP contribution in [0.5, 0.6) is 17.2 Å². The first-order chi connectivity index (χ1) is 14.3. The molecule has 0 spiro atoms. The van der Waals surface area contributed by atoms with Crippen LogP contribution in [-0.4, -0.2) is 54.2 Å². The van der Waals surface area contributed by atoms with Crippen molar-refractivity contribution in [2.24, 2.45) is 5.10 Å². The first-order valence-corrected chi connectivity index (χ1v) is 10.9. The number of carbonyl (C=O) groups excluding carboxylic acids is 1. The third-order valence-electron chi connectivity index (χ3n) is 3.95. The van der Waals surface area contributed by atoms with E-state index in [1.807, 2.05) is 0 Å². The summed E-state index contributed by atoms with van der Waals surface area (Å²) >= 11 is 0. The van der Waals surface area contributed by atoms with Gasteiger partial charge in [0.15, 0.2) is 0 Å². The van der Waals surface area contributed by atoms with Gasteiger partial charge in [0.2, 0.25) is 10.0 Å². The standard InChI is InChI=1S/C20H25N3O6S/c1-5-29-18-9-7-6-8-17(18)23(30(4,25)26)14-20(24)22-21-13-15-10-11-16(27-2)12-19(15)28-3/h6-13H,5,14H2,1-4H3,(H,22,24)/b21-13-. The van der Waals surface area contributed by atoms with E-state index in [0.717, 1.165) is 10.6 Å². The van der Waals surface area contributed by atoms with E-state index >= 15 is 0 Å². The molecule has 30 heavy (non-hydrogen) atoms. The fourth-order valence-electron chi connectivity index (χ4n) is 2.59. The Morgan fingerprint density at radius 1 is 1.13 bits per heavy atom. The molecule has 162 valence electrons. The van der Waals surface area contributed by atoms with E-state index < -0.39 is 22.5 Å². The van der Waals surface area contributed by atoms with E-state index in [1.165, 1.54) is 13.3 Å². The van der Waals surface area contributed by atoms with Gasteiger partial charge in [-0.2, -0.15) is 5.10 Å². The van der Waals surface area contributed by atoms with Crippen molar-refractivity contribution in [2.45, 2.75) is 6.92 Å². The Morgan fingerprint density at radius 3 is 2.50 bits per heavy atom. The summed E-state index contributed by atoms with van der Waals surface area (Å²) in [4.78, 5) is 12.4. The third-order valence-corrected chi connectivity index (χ3v) is 5.08. The average molecular weight is 436 g/mol. The number of anilines is 1. The summed E-state index contributed by atoms with van der Waals surface area (Å²) in [5.74, 6) is 0.876. The number of hydrazone groups is 1. The number of nitrogens with zero attached hydrogens (tertiary/aromatic N) is 2. The Balaban J connectivity index is 2.16. The molecule has 1 N–H and O–H groups in total. The molecular weight excluding hydrogens is 410 g/mol. The molecule has 9 nitrogen and oxygen atoms in total. The van der Waals surface area contributed by atoms with Gasteiger partial charge in [-0.25, -0.2) is 13.8 Å². The van der Waals surface area contributed by atoms with Crippen molar-refractivity contribution in [1.82, 2.24) is 5.43 Å². The number of para-hydroxylation sites is 2. The molecule has 0 radical (unpaired) electrons. The highest BCUT2D eigenvalue weighted by Crippen LogP contribution is 2.29. The monoisotopic (exact) mass is 435 g/mol. The van der Waals surface area contributed by atoms with Crippen LogP contribution in [0.2, 0.25) is 0 Å². The lowest BCUT2D eigenvalue weighted by molar-refractivity contribution is -0.119. The molecule has 0 aliphatic carbocycles. The summed E-state index contributed by atoms with van der Waals surface area (Å²) in [6.07, 6.45) is 2.42. The maximum Gasteiger partial charge on any atom is 0.260 e. The minimum Gasteiger partial charge on any atom is -0.497 e. The quantitative estimate of drug-likeness (QED) is 0.452. The van der Waals surface area contributed by atoms with Crippen LogP contribution in [0.3, 0.4) is 0 Å². The van der Waals surface area contributed by atoms with Crippen molar-refractivity contribution in [3.8, 4) is 17.2 Å². The summed E-state index contributed by atoms with van der Waals surface area (Å²) in [7, 11) is -0.697. The highest BCUT2D eigenvalue weighted by molar-refractivity contribution is 7.92. The van der Waals surface area contributed by atoms with Crippen LogP contribution >= 0.6 is 0 Å². The van der Waals surface area contributed by atoms with E-state index in [4.69, 9.17) is 14.2 Å². The predicted octanol–water partition coefficient (Wildman–Crippen LogP) is 2.02. The lowest BCUT2D eigenvalue weighted by Crippen LogP contribution is -2.39. The van der Waals surface area contributed by atoms with Crippen LogP contribution in [0.1, 0.15) is 12.5 Å². The van der Waals surface area contributed by atoms with Gasteiger partial charge in [-0.1, -0.05) is 12.1 Å². The van der Waals surface area contributed by atoms with Crippen molar-refractivity contribution in [2.75, 3.05) is 37.9 Å². The molecule has 2 rings (SSSR count). The maximum absolute atomic E-state index is 12.4. The van der Waals surface area contributed by atoms with Gasteiger partial charge in [-0.15, -0.1) is 0 Å². The van der Waals surface area contributed by atoms with Gasteiger partial charge in [-0.05, 0) is 31.2 Å². The number of sulfonamides is 1. The average Bonchev–Trinajstić information content (AvgIpc) is 2.72. The number of rotatable bonds is 10. The Hall–Kier alpha value is -3.27. The van der Waals surface area contributed by atoms with Crippen LogP contribution in [-0.2, 0) is 14.8 Å². The normalized spacial score (nSPS) is 11.2. The smallest absolute Gasteiger partial charge is 0.260 e. The van der Waals surface area contributed by atoms with Gasteiger partial charge in [0.1, 0.15) is 23.8 Å². The Morgan fingerprint density at radius 2 is 1.87 bits per heavy atom. The summed E-state index contributed by atoms with van der Waals surface area (Å²) in [6.45, 7) is 1.69. The number of hydrogen-bond donors (Lipinski definition) is 1. The molecule has 0 aliphatic rings.